The van der Waals surface area contributed by atoms with E-state index >= 15 is 0 Å². The number of nitrogens with zero attached hydrogens (tertiary/aromatic N) is 1. The summed E-state index contributed by atoms with van der Waals surface area (Å²) in [4.78, 5) is 39.3. The first kappa shape index (κ1) is 25.5. The van der Waals surface area contributed by atoms with E-state index in [1.807, 2.05) is 35.8 Å². The first-order valence-corrected chi connectivity index (χ1v) is 12.4. The maximum atomic E-state index is 13.6. The van der Waals surface area contributed by atoms with Crippen molar-refractivity contribution in [3.8, 4) is 0 Å². The molecule has 7 nitrogen and oxygen atoms in total. The lowest BCUT2D eigenvalue weighted by molar-refractivity contribution is 0.0383. The lowest BCUT2D eigenvalue weighted by atomic mass is 10.1. The number of amides is 1. The molecule has 182 valence electrons. The van der Waals surface area contributed by atoms with E-state index < -0.39 is 11.9 Å². The summed E-state index contributed by atoms with van der Waals surface area (Å²) >= 11 is 1.03. The molecule has 2 aromatic heterocycles. The van der Waals surface area contributed by atoms with Crippen LogP contribution in [0.15, 0.2) is 24.3 Å². The van der Waals surface area contributed by atoms with Crippen LogP contribution >= 0.6 is 11.3 Å². The minimum atomic E-state index is -0.585. The number of aromatic nitrogens is 1. The molecule has 1 amide bonds. The van der Waals surface area contributed by atoms with Crippen molar-refractivity contribution in [2.24, 2.45) is 0 Å². The molecule has 0 unspecified atom stereocenters. The maximum absolute atomic E-state index is 13.6. The van der Waals surface area contributed by atoms with Crippen LogP contribution in [0.25, 0.3) is 10.9 Å². The number of rotatable bonds is 9. The number of benzene rings is 1. The number of ether oxygens (including phenoxy) is 2. The summed E-state index contributed by atoms with van der Waals surface area (Å²) < 4.78 is 12.6. The Morgan fingerprint density at radius 3 is 2.41 bits per heavy atom. The molecule has 1 aromatic carbocycles. The Morgan fingerprint density at radius 1 is 1.06 bits per heavy atom. The number of hydrogen-bond acceptors (Lipinski definition) is 6. The third-order valence-corrected chi connectivity index (χ3v) is 6.74. The van der Waals surface area contributed by atoms with Crippen molar-refractivity contribution in [2.45, 2.75) is 67.0 Å². The van der Waals surface area contributed by atoms with Gasteiger partial charge in [-0.2, -0.15) is 0 Å². The summed E-state index contributed by atoms with van der Waals surface area (Å²) in [5, 5.41) is 4.20. The van der Waals surface area contributed by atoms with Crippen molar-refractivity contribution in [1.82, 2.24) is 4.57 Å². The molecule has 34 heavy (non-hydrogen) atoms. The lowest BCUT2D eigenvalue weighted by Gasteiger charge is -2.12. The highest BCUT2D eigenvalue weighted by Gasteiger charge is 2.29. The van der Waals surface area contributed by atoms with Crippen LogP contribution in [0.4, 0.5) is 5.00 Å². The van der Waals surface area contributed by atoms with Crippen molar-refractivity contribution >= 4 is 45.1 Å². The summed E-state index contributed by atoms with van der Waals surface area (Å²) in [6, 6.07) is 7.92. The van der Waals surface area contributed by atoms with E-state index in [9.17, 15) is 14.4 Å². The molecule has 2 heterocycles. The van der Waals surface area contributed by atoms with Gasteiger partial charge in [-0.25, -0.2) is 9.59 Å². The number of fused-ring (bicyclic) bond motifs is 1. The summed E-state index contributed by atoms with van der Waals surface area (Å²) in [5.41, 5.74) is 3.03. The van der Waals surface area contributed by atoms with Gasteiger partial charge >= 0.3 is 11.9 Å². The number of anilines is 1. The zero-order valence-corrected chi connectivity index (χ0v) is 21.4. The zero-order chi connectivity index (χ0) is 25.0. The van der Waals surface area contributed by atoms with Crippen LogP contribution in [0.2, 0.25) is 0 Å². The summed E-state index contributed by atoms with van der Waals surface area (Å²) in [6.45, 7) is 11.8. The van der Waals surface area contributed by atoms with Crippen molar-refractivity contribution in [2.75, 3.05) is 11.9 Å². The van der Waals surface area contributed by atoms with Crippen LogP contribution in [0.3, 0.4) is 0 Å². The number of carbonyl (C=O) groups excluding carboxylic acids is 3. The third-order valence-electron chi connectivity index (χ3n) is 5.56. The van der Waals surface area contributed by atoms with E-state index in [0.717, 1.165) is 40.6 Å². The zero-order valence-electron chi connectivity index (χ0n) is 20.6. The van der Waals surface area contributed by atoms with Gasteiger partial charge in [0.05, 0.1) is 18.3 Å². The molecule has 0 saturated carbocycles. The number of esters is 2. The molecule has 0 fully saturated rings. The second-order valence-electron chi connectivity index (χ2n) is 8.38. The first-order chi connectivity index (χ1) is 16.2. The van der Waals surface area contributed by atoms with Gasteiger partial charge in [0.15, 0.2) is 0 Å². The monoisotopic (exact) mass is 484 g/mol. The molecule has 0 radical (unpaired) electrons. The molecule has 0 saturated heterocycles. The average molecular weight is 485 g/mol. The van der Waals surface area contributed by atoms with Crippen LogP contribution in [-0.4, -0.2) is 35.1 Å². The Balaban J connectivity index is 2.08. The minimum absolute atomic E-state index is 0.178. The number of aryl methyl sites for hydroxylation is 2. The molecule has 0 bridgehead atoms. The highest BCUT2D eigenvalue weighted by Crippen LogP contribution is 2.36. The van der Waals surface area contributed by atoms with Gasteiger partial charge in [0.1, 0.15) is 15.6 Å². The topological polar surface area (TPSA) is 86.6 Å². The smallest absolute Gasteiger partial charge is 0.348 e. The molecular formula is C26H32N2O5S. The highest BCUT2D eigenvalue weighted by molar-refractivity contribution is 7.18. The van der Waals surface area contributed by atoms with Gasteiger partial charge in [-0.05, 0) is 58.2 Å². The fourth-order valence-electron chi connectivity index (χ4n) is 3.99. The quantitative estimate of drug-likeness (QED) is 0.370. The van der Waals surface area contributed by atoms with Gasteiger partial charge < -0.3 is 19.4 Å². The molecule has 0 aliphatic carbocycles. The fourth-order valence-corrected chi connectivity index (χ4v) is 5.07. The standard InChI is InChI=1S/C26H32N2O5S/c1-7-9-14-28-19-13-11-10-12-18(19)16(5)21(28)23(29)27-24-20(25(30)32-8-2)17(6)22(34-24)26(31)33-15(3)4/h10-13,15H,7-9,14H2,1-6H3,(H,27,29). The van der Waals surface area contributed by atoms with E-state index in [4.69, 9.17) is 9.47 Å². The Kier molecular flexibility index (Phi) is 8.15. The Hall–Kier alpha value is -3.13. The van der Waals surface area contributed by atoms with Crippen molar-refractivity contribution in [3.05, 3.63) is 51.5 Å². The second-order valence-corrected chi connectivity index (χ2v) is 9.41. The fraction of sp³-hybridized carbons (Fsp3) is 0.423. The van der Waals surface area contributed by atoms with Crippen LogP contribution < -0.4 is 5.32 Å². The largest absolute Gasteiger partial charge is 0.462 e. The van der Waals surface area contributed by atoms with E-state index in [1.54, 1.807) is 27.7 Å². The maximum Gasteiger partial charge on any atom is 0.348 e. The van der Waals surface area contributed by atoms with Crippen LogP contribution in [-0.2, 0) is 16.0 Å². The SMILES string of the molecule is CCCCn1c(C(=O)Nc2sc(C(=O)OC(C)C)c(C)c2C(=O)OCC)c(C)c2ccccc21. The van der Waals surface area contributed by atoms with E-state index in [0.29, 0.717) is 17.8 Å². The van der Waals surface area contributed by atoms with Gasteiger partial charge in [-0.15, -0.1) is 11.3 Å². The second kappa shape index (κ2) is 10.9. The summed E-state index contributed by atoms with van der Waals surface area (Å²) in [7, 11) is 0. The van der Waals surface area contributed by atoms with Crippen LogP contribution in [0.1, 0.15) is 82.2 Å². The number of unbranched alkanes of at least 4 members (excludes halogenated alkanes) is 1. The third kappa shape index (κ3) is 5.01. The number of para-hydroxylation sites is 1. The van der Waals surface area contributed by atoms with E-state index in [1.165, 1.54) is 0 Å². The Morgan fingerprint density at radius 2 is 1.76 bits per heavy atom. The summed E-state index contributed by atoms with van der Waals surface area (Å²) in [6.07, 6.45) is 1.61. The molecule has 1 N–H and O–H groups in total. The van der Waals surface area contributed by atoms with Crippen molar-refractivity contribution in [3.63, 3.8) is 0 Å². The molecule has 3 rings (SSSR count). The number of carbonyl (C=O) groups is 3. The Bertz CT molecular complexity index is 1220. The normalized spacial score (nSPS) is 11.1. The van der Waals surface area contributed by atoms with Crippen LogP contribution in [0.5, 0.6) is 0 Å². The summed E-state index contributed by atoms with van der Waals surface area (Å²) in [5.74, 6) is -1.45. The minimum Gasteiger partial charge on any atom is -0.462 e. The molecule has 3 aromatic rings. The molecule has 0 spiro atoms. The lowest BCUT2D eigenvalue weighted by Crippen LogP contribution is -2.19. The number of nitrogens with one attached hydrogen (secondary N) is 1. The number of thiophene rings is 1. The van der Waals surface area contributed by atoms with Crippen molar-refractivity contribution in [1.29, 1.82) is 0 Å². The molecule has 8 heteroatoms. The molecular weight excluding hydrogens is 452 g/mol. The molecule has 0 aliphatic rings. The average Bonchev–Trinajstić information content (AvgIpc) is 3.26. The van der Waals surface area contributed by atoms with Gasteiger partial charge in [0.25, 0.3) is 5.91 Å². The van der Waals surface area contributed by atoms with Crippen LogP contribution in [0, 0.1) is 13.8 Å². The van der Waals surface area contributed by atoms with Gasteiger partial charge in [0, 0.05) is 17.4 Å². The van der Waals surface area contributed by atoms with Gasteiger partial charge in [0.2, 0.25) is 0 Å². The highest BCUT2D eigenvalue weighted by atomic mass is 32.1. The predicted octanol–water partition coefficient (Wildman–Crippen LogP) is 6.11. The number of hydrogen-bond donors (Lipinski definition) is 1. The van der Waals surface area contributed by atoms with E-state index in [-0.39, 0.29) is 34.1 Å². The molecule has 0 atom stereocenters. The van der Waals surface area contributed by atoms with E-state index in [2.05, 4.69) is 12.2 Å². The molecule has 0 aliphatic heterocycles. The first-order valence-electron chi connectivity index (χ1n) is 11.6. The van der Waals surface area contributed by atoms with Gasteiger partial charge in [-0.1, -0.05) is 31.5 Å². The van der Waals surface area contributed by atoms with Crippen molar-refractivity contribution < 1.29 is 23.9 Å². The Labute approximate surface area is 204 Å². The predicted molar refractivity (Wildman–Crippen MR) is 135 cm³/mol. The van der Waals surface area contributed by atoms with Gasteiger partial charge in [-0.3, -0.25) is 4.79 Å².